The third-order valence-corrected chi connectivity index (χ3v) is 4.43. The molecule has 0 aliphatic carbocycles. The van der Waals surface area contributed by atoms with Gasteiger partial charge in [0, 0.05) is 10.6 Å². The zero-order chi connectivity index (χ0) is 22.9. The second kappa shape index (κ2) is 10.9. The van der Waals surface area contributed by atoms with Crippen molar-refractivity contribution < 1.29 is 23.5 Å². The molecule has 3 aromatic rings. The lowest BCUT2D eigenvalue weighted by molar-refractivity contribution is -0.118. The molecule has 3 rings (SSSR count). The summed E-state index contributed by atoms with van der Waals surface area (Å²) < 4.78 is 24.4. The number of nitrogens with zero attached hydrogens (tertiary/aromatic N) is 1. The number of benzene rings is 3. The van der Waals surface area contributed by atoms with Gasteiger partial charge in [0.05, 0.1) is 19.0 Å². The second-order valence-electron chi connectivity index (χ2n) is 6.43. The van der Waals surface area contributed by atoms with Crippen molar-refractivity contribution >= 4 is 35.3 Å². The van der Waals surface area contributed by atoms with Gasteiger partial charge in [0.15, 0.2) is 18.1 Å². The van der Waals surface area contributed by atoms with Crippen LogP contribution in [0.5, 0.6) is 11.5 Å². The quantitative estimate of drug-likeness (QED) is 0.392. The van der Waals surface area contributed by atoms with Gasteiger partial charge in [-0.3, -0.25) is 9.59 Å². The first-order chi connectivity index (χ1) is 15.5. The predicted octanol–water partition coefficient (Wildman–Crippen LogP) is 4.27. The van der Waals surface area contributed by atoms with Crippen molar-refractivity contribution in [3.8, 4) is 11.5 Å². The fourth-order valence-electron chi connectivity index (χ4n) is 2.61. The third kappa shape index (κ3) is 6.29. The number of anilines is 1. The Balaban J connectivity index is 1.57. The summed E-state index contributed by atoms with van der Waals surface area (Å²) in [4.78, 5) is 24.1. The molecule has 0 aliphatic rings. The molecule has 0 saturated heterocycles. The van der Waals surface area contributed by atoms with Crippen molar-refractivity contribution in [3.63, 3.8) is 0 Å². The molecule has 0 heterocycles. The van der Waals surface area contributed by atoms with Gasteiger partial charge in [-0.25, -0.2) is 9.82 Å². The number of hydrazone groups is 1. The van der Waals surface area contributed by atoms with Gasteiger partial charge in [0.1, 0.15) is 5.82 Å². The molecule has 0 radical (unpaired) electrons. The molecule has 0 bridgehead atoms. The number of methoxy groups -OCH3 is 1. The van der Waals surface area contributed by atoms with E-state index in [0.29, 0.717) is 27.6 Å². The number of hydrogen-bond donors (Lipinski definition) is 2. The van der Waals surface area contributed by atoms with E-state index in [1.807, 2.05) is 0 Å². The average Bonchev–Trinajstić information content (AvgIpc) is 2.80. The Bertz CT molecular complexity index is 1140. The number of rotatable bonds is 8. The van der Waals surface area contributed by atoms with Gasteiger partial charge in [-0.2, -0.15) is 5.10 Å². The van der Waals surface area contributed by atoms with E-state index in [1.165, 1.54) is 31.5 Å². The fourth-order valence-corrected chi connectivity index (χ4v) is 2.73. The number of nitrogens with one attached hydrogen (secondary N) is 2. The Labute approximate surface area is 188 Å². The van der Waals surface area contributed by atoms with Crippen LogP contribution in [0.4, 0.5) is 10.1 Å². The van der Waals surface area contributed by atoms with E-state index in [2.05, 4.69) is 15.8 Å². The summed E-state index contributed by atoms with van der Waals surface area (Å²) in [5.41, 5.74) is 3.53. The SMILES string of the molecule is COc1cc(/C=N/NC(=O)c2ccc(Cl)cc2)ccc1OCC(=O)Nc1ccccc1F. The van der Waals surface area contributed by atoms with E-state index in [0.717, 1.165) is 0 Å². The number of carbonyl (C=O) groups is 2. The summed E-state index contributed by atoms with van der Waals surface area (Å²) in [7, 11) is 1.45. The number of halogens is 2. The van der Waals surface area contributed by atoms with Gasteiger partial charge in [0.25, 0.3) is 11.8 Å². The standard InChI is InChI=1S/C23H19ClFN3O4/c1-31-21-12-15(13-26-28-23(30)16-7-9-17(24)10-8-16)6-11-20(21)32-14-22(29)27-19-5-3-2-4-18(19)25/h2-13H,14H2,1H3,(H,27,29)(H,28,30)/b26-13+. The highest BCUT2D eigenvalue weighted by molar-refractivity contribution is 6.30. The lowest BCUT2D eigenvalue weighted by atomic mass is 10.2. The largest absolute Gasteiger partial charge is 0.493 e. The van der Waals surface area contributed by atoms with E-state index in [4.69, 9.17) is 21.1 Å². The van der Waals surface area contributed by atoms with Gasteiger partial charge >= 0.3 is 0 Å². The molecule has 3 aromatic carbocycles. The molecule has 0 fully saturated rings. The van der Waals surface area contributed by atoms with Gasteiger partial charge in [0.2, 0.25) is 0 Å². The molecule has 2 N–H and O–H groups in total. The molecule has 32 heavy (non-hydrogen) atoms. The number of hydrogen-bond acceptors (Lipinski definition) is 5. The summed E-state index contributed by atoms with van der Waals surface area (Å²) in [5.74, 6) is -0.765. The maximum absolute atomic E-state index is 13.6. The summed E-state index contributed by atoms with van der Waals surface area (Å²) in [6.07, 6.45) is 1.44. The Hall–Kier alpha value is -3.91. The van der Waals surface area contributed by atoms with Crippen LogP contribution >= 0.6 is 11.6 Å². The monoisotopic (exact) mass is 455 g/mol. The predicted molar refractivity (Wildman–Crippen MR) is 120 cm³/mol. The molecule has 164 valence electrons. The first-order valence-electron chi connectivity index (χ1n) is 9.40. The summed E-state index contributed by atoms with van der Waals surface area (Å²) in [6, 6.07) is 17.1. The van der Waals surface area contributed by atoms with Crippen molar-refractivity contribution in [1.82, 2.24) is 5.43 Å². The van der Waals surface area contributed by atoms with Crippen molar-refractivity contribution in [2.45, 2.75) is 0 Å². The Kier molecular flexibility index (Phi) is 7.77. The van der Waals surface area contributed by atoms with Crippen LogP contribution in [0.15, 0.2) is 71.8 Å². The van der Waals surface area contributed by atoms with Crippen molar-refractivity contribution in [2.24, 2.45) is 5.10 Å². The van der Waals surface area contributed by atoms with Crippen LogP contribution in [0, 0.1) is 5.82 Å². The zero-order valence-corrected chi connectivity index (χ0v) is 17.7. The van der Waals surface area contributed by atoms with Crippen LogP contribution in [0.1, 0.15) is 15.9 Å². The molecule has 0 saturated carbocycles. The molecule has 0 atom stereocenters. The minimum absolute atomic E-state index is 0.0697. The lowest BCUT2D eigenvalue weighted by Gasteiger charge is -2.11. The highest BCUT2D eigenvalue weighted by atomic mass is 35.5. The molecule has 9 heteroatoms. The minimum atomic E-state index is -0.537. The molecule has 0 aromatic heterocycles. The summed E-state index contributed by atoms with van der Waals surface area (Å²) in [5, 5.41) is 6.89. The van der Waals surface area contributed by atoms with E-state index in [-0.39, 0.29) is 18.2 Å². The average molecular weight is 456 g/mol. The minimum Gasteiger partial charge on any atom is -0.493 e. The van der Waals surface area contributed by atoms with Gasteiger partial charge in [-0.15, -0.1) is 0 Å². The Morgan fingerprint density at radius 3 is 2.53 bits per heavy atom. The maximum atomic E-state index is 13.6. The molecule has 0 spiro atoms. The third-order valence-electron chi connectivity index (χ3n) is 4.18. The second-order valence-corrected chi connectivity index (χ2v) is 6.87. The smallest absolute Gasteiger partial charge is 0.271 e. The maximum Gasteiger partial charge on any atom is 0.271 e. The first kappa shape index (κ1) is 22.8. The highest BCUT2D eigenvalue weighted by Gasteiger charge is 2.10. The topological polar surface area (TPSA) is 89.0 Å². The highest BCUT2D eigenvalue weighted by Crippen LogP contribution is 2.27. The molecular formula is C23H19ClFN3O4. The number of ether oxygens (including phenoxy) is 2. The van der Waals surface area contributed by atoms with Crippen LogP contribution in [-0.4, -0.2) is 31.7 Å². The normalized spacial score (nSPS) is 10.6. The zero-order valence-electron chi connectivity index (χ0n) is 17.0. The molecule has 2 amide bonds. The molecule has 7 nitrogen and oxygen atoms in total. The van der Waals surface area contributed by atoms with Gasteiger partial charge in [-0.1, -0.05) is 23.7 Å². The van der Waals surface area contributed by atoms with E-state index in [1.54, 1.807) is 48.5 Å². The lowest BCUT2D eigenvalue weighted by Crippen LogP contribution is -2.21. The van der Waals surface area contributed by atoms with Crippen LogP contribution < -0.4 is 20.2 Å². The fraction of sp³-hybridized carbons (Fsp3) is 0.0870. The number of para-hydroxylation sites is 1. The molecule has 0 unspecified atom stereocenters. The number of carbonyl (C=O) groups excluding carboxylic acids is 2. The molecule has 0 aliphatic heterocycles. The van der Waals surface area contributed by atoms with Crippen LogP contribution in [0.3, 0.4) is 0 Å². The number of amides is 2. The van der Waals surface area contributed by atoms with Crippen molar-refractivity contribution in [1.29, 1.82) is 0 Å². The van der Waals surface area contributed by atoms with Crippen LogP contribution in [-0.2, 0) is 4.79 Å². The summed E-state index contributed by atoms with van der Waals surface area (Å²) >= 11 is 5.80. The van der Waals surface area contributed by atoms with Crippen LogP contribution in [0.2, 0.25) is 5.02 Å². The summed E-state index contributed by atoms with van der Waals surface area (Å²) in [6.45, 7) is -0.338. The van der Waals surface area contributed by atoms with E-state index >= 15 is 0 Å². The van der Waals surface area contributed by atoms with Gasteiger partial charge < -0.3 is 14.8 Å². The van der Waals surface area contributed by atoms with E-state index < -0.39 is 11.7 Å². The van der Waals surface area contributed by atoms with Crippen LogP contribution in [0.25, 0.3) is 0 Å². The van der Waals surface area contributed by atoms with Crippen molar-refractivity contribution in [3.05, 3.63) is 88.7 Å². The first-order valence-corrected chi connectivity index (χ1v) is 9.78. The van der Waals surface area contributed by atoms with Crippen molar-refractivity contribution in [2.75, 3.05) is 19.0 Å². The Morgan fingerprint density at radius 2 is 1.81 bits per heavy atom. The van der Waals surface area contributed by atoms with Gasteiger partial charge in [-0.05, 0) is 60.2 Å². The molecular weight excluding hydrogens is 437 g/mol. The Morgan fingerprint density at radius 1 is 1.06 bits per heavy atom. The van der Waals surface area contributed by atoms with E-state index in [9.17, 15) is 14.0 Å².